The number of carbonyl (C=O) groups excluding carboxylic acids is 2. The molecule has 0 spiro atoms. The summed E-state index contributed by atoms with van der Waals surface area (Å²) >= 11 is 0. The minimum Gasteiger partial charge on any atom is -0.253 e. The third kappa shape index (κ3) is 3.38. The predicted octanol–water partition coefficient (Wildman–Crippen LogP) is 2.50. The van der Waals surface area contributed by atoms with Crippen LogP contribution < -0.4 is 0 Å². The van der Waals surface area contributed by atoms with Gasteiger partial charge in [-0.05, 0) is 30.7 Å². The van der Waals surface area contributed by atoms with Crippen LogP contribution in [0.1, 0.15) is 11.3 Å². The molecule has 0 saturated heterocycles. The van der Waals surface area contributed by atoms with E-state index < -0.39 is 0 Å². The van der Waals surface area contributed by atoms with Gasteiger partial charge in [-0.1, -0.05) is 18.2 Å². The van der Waals surface area contributed by atoms with Gasteiger partial charge in [0.25, 0.3) is 0 Å². The quantitative estimate of drug-likeness (QED) is 0.715. The van der Waals surface area contributed by atoms with Crippen LogP contribution in [0.4, 0.5) is 0 Å². The van der Waals surface area contributed by atoms with Crippen LogP contribution in [0.2, 0.25) is 0 Å². The molecule has 0 fully saturated rings. The van der Waals surface area contributed by atoms with Crippen molar-refractivity contribution in [1.29, 1.82) is 5.26 Å². The zero-order chi connectivity index (χ0) is 13.4. The summed E-state index contributed by atoms with van der Waals surface area (Å²) in [6, 6.07) is 11.9. The molecule has 0 N–H and O–H groups in total. The van der Waals surface area contributed by atoms with E-state index in [0.29, 0.717) is 0 Å². The number of hydrogen-bond donors (Lipinski definition) is 0. The molecule has 0 aliphatic heterocycles. The molecule has 1 aromatic carbocycles. The number of nitrogens with zero attached hydrogens (tertiary/aromatic N) is 2. The molecule has 0 unspecified atom stereocenters. The molecule has 2 rings (SSSR count). The van der Waals surface area contributed by atoms with E-state index in [1.807, 2.05) is 49.4 Å². The highest BCUT2D eigenvalue weighted by Gasteiger charge is 1.99. The summed E-state index contributed by atoms with van der Waals surface area (Å²) in [4.78, 5) is 20.7. The van der Waals surface area contributed by atoms with Gasteiger partial charge >= 0.3 is 6.15 Å². The maximum atomic E-state index is 8.52. The molecule has 4 nitrogen and oxygen atoms in total. The summed E-state index contributed by atoms with van der Waals surface area (Å²) < 4.78 is 0. The SMILES string of the molecule is Cc1cc(/C=C\C#N)c2ccccc2n1.O=C=O. The number of allylic oxidation sites excluding steroid dienone is 1. The van der Waals surface area contributed by atoms with Crippen LogP contribution in [-0.4, -0.2) is 11.1 Å². The van der Waals surface area contributed by atoms with E-state index in [0.717, 1.165) is 22.2 Å². The van der Waals surface area contributed by atoms with Gasteiger partial charge in [-0.2, -0.15) is 14.9 Å². The van der Waals surface area contributed by atoms with E-state index in [1.54, 1.807) is 0 Å². The van der Waals surface area contributed by atoms with Crippen LogP contribution in [0, 0.1) is 18.3 Å². The van der Waals surface area contributed by atoms with Gasteiger partial charge in [-0.15, -0.1) is 0 Å². The van der Waals surface area contributed by atoms with E-state index >= 15 is 0 Å². The van der Waals surface area contributed by atoms with Gasteiger partial charge < -0.3 is 0 Å². The van der Waals surface area contributed by atoms with E-state index in [9.17, 15) is 0 Å². The highest BCUT2D eigenvalue weighted by Crippen LogP contribution is 2.19. The number of para-hydroxylation sites is 1. The Balaban J connectivity index is 0.000000492. The molecule has 2 aromatic rings. The molecule has 0 aliphatic rings. The van der Waals surface area contributed by atoms with Crippen LogP contribution in [-0.2, 0) is 9.59 Å². The van der Waals surface area contributed by atoms with Gasteiger partial charge in [0.1, 0.15) is 0 Å². The Hall–Kier alpha value is -2.76. The molecule has 88 valence electrons. The molecule has 1 aromatic heterocycles. The minimum atomic E-state index is 0.250. The van der Waals surface area contributed by atoms with Gasteiger partial charge in [0.15, 0.2) is 0 Å². The molecular weight excluding hydrogens is 228 g/mol. The molecule has 0 bridgehead atoms. The van der Waals surface area contributed by atoms with Crippen LogP contribution >= 0.6 is 0 Å². The van der Waals surface area contributed by atoms with Gasteiger partial charge in [-0.3, -0.25) is 4.98 Å². The first kappa shape index (κ1) is 13.3. The maximum Gasteiger partial charge on any atom is 0.373 e. The lowest BCUT2D eigenvalue weighted by atomic mass is 10.1. The molecule has 4 heteroatoms. The van der Waals surface area contributed by atoms with Gasteiger partial charge in [0, 0.05) is 17.2 Å². The second kappa shape index (κ2) is 6.74. The van der Waals surface area contributed by atoms with Crippen molar-refractivity contribution in [3.05, 3.63) is 47.7 Å². The first-order valence-electron chi connectivity index (χ1n) is 5.14. The van der Waals surface area contributed by atoms with E-state index in [1.165, 1.54) is 6.08 Å². The number of nitriles is 1. The summed E-state index contributed by atoms with van der Waals surface area (Å²) in [6.45, 7) is 1.95. The lowest BCUT2D eigenvalue weighted by molar-refractivity contribution is -0.191. The molecule has 1 heterocycles. The van der Waals surface area contributed by atoms with E-state index in [4.69, 9.17) is 14.9 Å². The number of benzene rings is 1. The number of hydrogen-bond acceptors (Lipinski definition) is 4. The Bertz CT molecular complexity index is 648. The minimum absolute atomic E-state index is 0.250. The predicted molar refractivity (Wildman–Crippen MR) is 66.1 cm³/mol. The second-order valence-electron chi connectivity index (χ2n) is 3.42. The summed E-state index contributed by atoms with van der Waals surface area (Å²) in [6.07, 6.45) is 3.55. The summed E-state index contributed by atoms with van der Waals surface area (Å²) in [5, 5.41) is 9.59. The zero-order valence-electron chi connectivity index (χ0n) is 9.75. The maximum absolute atomic E-state index is 8.52. The fourth-order valence-electron chi connectivity index (χ4n) is 1.61. The van der Waals surface area contributed by atoms with Crippen molar-refractivity contribution in [2.75, 3.05) is 0 Å². The third-order valence-corrected chi connectivity index (χ3v) is 2.21. The van der Waals surface area contributed by atoms with Crippen molar-refractivity contribution < 1.29 is 9.59 Å². The van der Waals surface area contributed by atoms with Gasteiger partial charge in [-0.25, -0.2) is 0 Å². The lowest BCUT2D eigenvalue weighted by Gasteiger charge is -2.02. The topological polar surface area (TPSA) is 70.8 Å². The summed E-state index contributed by atoms with van der Waals surface area (Å²) in [7, 11) is 0. The highest BCUT2D eigenvalue weighted by atomic mass is 16.2. The van der Waals surface area contributed by atoms with Crippen molar-refractivity contribution >= 4 is 23.1 Å². The highest BCUT2D eigenvalue weighted by molar-refractivity contribution is 5.88. The number of rotatable bonds is 1. The Morgan fingerprint density at radius 3 is 2.61 bits per heavy atom. The summed E-state index contributed by atoms with van der Waals surface area (Å²) in [5.74, 6) is 0. The summed E-state index contributed by atoms with van der Waals surface area (Å²) in [5.41, 5.74) is 2.97. The van der Waals surface area contributed by atoms with Crippen molar-refractivity contribution in [1.82, 2.24) is 4.98 Å². The Morgan fingerprint density at radius 2 is 1.94 bits per heavy atom. The van der Waals surface area contributed by atoms with Crippen LogP contribution in [0.25, 0.3) is 17.0 Å². The number of aromatic nitrogens is 1. The Labute approximate surface area is 104 Å². The molecular formula is C14H10N2O2. The average molecular weight is 238 g/mol. The molecule has 0 radical (unpaired) electrons. The average Bonchev–Trinajstić information content (AvgIpc) is 2.36. The van der Waals surface area contributed by atoms with Crippen molar-refractivity contribution in [2.45, 2.75) is 6.92 Å². The van der Waals surface area contributed by atoms with E-state index in [-0.39, 0.29) is 6.15 Å². The Morgan fingerprint density at radius 1 is 1.28 bits per heavy atom. The standard InChI is InChI=1S/C13H10N2.CO2/c1-10-9-11(5-4-8-14)12-6-2-3-7-13(12)15-10;2-1-3/h2-7,9H,1H3;/b5-4-;. The second-order valence-corrected chi connectivity index (χ2v) is 3.42. The number of pyridine rings is 1. The van der Waals surface area contributed by atoms with E-state index in [2.05, 4.69) is 4.98 Å². The lowest BCUT2D eigenvalue weighted by Crippen LogP contribution is -1.86. The fraction of sp³-hybridized carbons (Fsp3) is 0.0714. The molecule has 0 atom stereocenters. The molecule has 0 aliphatic carbocycles. The van der Waals surface area contributed by atoms with Gasteiger partial charge in [0.05, 0.1) is 11.6 Å². The zero-order valence-corrected chi connectivity index (χ0v) is 9.75. The fourth-order valence-corrected chi connectivity index (χ4v) is 1.61. The first-order valence-corrected chi connectivity index (χ1v) is 5.14. The monoisotopic (exact) mass is 238 g/mol. The molecule has 18 heavy (non-hydrogen) atoms. The van der Waals surface area contributed by atoms with Crippen molar-refractivity contribution in [3.63, 3.8) is 0 Å². The number of aryl methyl sites for hydroxylation is 1. The molecule has 0 saturated carbocycles. The number of fused-ring (bicyclic) bond motifs is 1. The first-order chi connectivity index (χ1) is 8.72. The van der Waals surface area contributed by atoms with Gasteiger partial charge in [0.2, 0.25) is 0 Å². The largest absolute Gasteiger partial charge is 0.373 e. The third-order valence-electron chi connectivity index (χ3n) is 2.21. The normalized spacial score (nSPS) is 9.33. The smallest absolute Gasteiger partial charge is 0.253 e. The van der Waals surface area contributed by atoms with Crippen LogP contribution in [0.15, 0.2) is 36.4 Å². The van der Waals surface area contributed by atoms with Crippen molar-refractivity contribution in [3.8, 4) is 6.07 Å². The Kier molecular flexibility index (Phi) is 4.98. The molecule has 0 amide bonds. The van der Waals surface area contributed by atoms with Crippen LogP contribution in [0.3, 0.4) is 0 Å². The van der Waals surface area contributed by atoms with Crippen LogP contribution in [0.5, 0.6) is 0 Å². The van der Waals surface area contributed by atoms with Crippen molar-refractivity contribution in [2.24, 2.45) is 0 Å².